The number of pyridine rings is 1. The number of hydrogen-bond donors (Lipinski definition) is 2. The van der Waals surface area contributed by atoms with Crippen LogP contribution in [0.2, 0.25) is 0 Å². The number of imidazole rings is 1. The van der Waals surface area contributed by atoms with E-state index in [9.17, 15) is 0 Å². The Bertz CT molecular complexity index is 1320. The Morgan fingerprint density at radius 3 is 2.77 bits per heavy atom. The lowest BCUT2D eigenvalue weighted by Crippen LogP contribution is -2.41. The minimum Gasteiger partial charge on any atom is -0.443 e. The number of aryl methyl sites for hydroxylation is 1. The first-order valence-corrected chi connectivity index (χ1v) is 10.6. The molecular formula is C22H21N7O2. The van der Waals surface area contributed by atoms with Gasteiger partial charge in [-0.15, -0.1) is 0 Å². The van der Waals surface area contributed by atoms with Gasteiger partial charge in [0.15, 0.2) is 5.69 Å². The van der Waals surface area contributed by atoms with Crippen LogP contribution in [-0.2, 0) is 10.3 Å². The monoisotopic (exact) mass is 415 g/mol. The Balaban J connectivity index is 1.40. The van der Waals surface area contributed by atoms with E-state index in [0.29, 0.717) is 23.1 Å². The van der Waals surface area contributed by atoms with E-state index in [1.54, 1.807) is 6.20 Å². The molecule has 2 saturated carbocycles. The molecule has 156 valence electrons. The molecule has 5 heterocycles. The summed E-state index contributed by atoms with van der Waals surface area (Å²) in [5.74, 6) is 1.51. The van der Waals surface area contributed by atoms with Gasteiger partial charge in [-0.1, -0.05) is 0 Å². The van der Waals surface area contributed by atoms with Crippen LogP contribution in [0.15, 0.2) is 41.4 Å². The second kappa shape index (κ2) is 5.89. The Kier molecular flexibility index (Phi) is 3.31. The van der Waals surface area contributed by atoms with E-state index in [0.717, 1.165) is 35.1 Å². The maximum Gasteiger partial charge on any atom is 0.247 e. The lowest BCUT2D eigenvalue weighted by atomic mass is 10.1. The number of rotatable bonds is 6. The summed E-state index contributed by atoms with van der Waals surface area (Å²) in [5, 5.41) is 3.69. The maximum atomic E-state index is 6.45. The van der Waals surface area contributed by atoms with Gasteiger partial charge < -0.3 is 24.6 Å². The van der Waals surface area contributed by atoms with E-state index in [4.69, 9.17) is 24.9 Å². The van der Waals surface area contributed by atoms with Crippen molar-refractivity contribution >= 4 is 11.5 Å². The van der Waals surface area contributed by atoms with Gasteiger partial charge in [-0.05, 0) is 44.4 Å². The summed E-state index contributed by atoms with van der Waals surface area (Å²) in [6.45, 7) is 2.97. The third-order valence-electron chi connectivity index (χ3n) is 6.57. The van der Waals surface area contributed by atoms with Crippen LogP contribution in [0.4, 0.5) is 5.82 Å². The number of ether oxygens (including phenoxy) is 1. The molecule has 1 aliphatic heterocycles. The molecule has 4 aromatic heterocycles. The number of oxazole rings is 1. The smallest absolute Gasteiger partial charge is 0.247 e. The van der Waals surface area contributed by atoms with Crippen molar-refractivity contribution in [1.82, 2.24) is 29.7 Å². The zero-order chi connectivity index (χ0) is 20.7. The molecule has 1 saturated heterocycles. The molecule has 9 heteroatoms. The SMILES string of the molecule is Cc1cnc2ccc(-c3nc(C4(NCC5CC5)C5OC54)c(N)nc3-c3ncco3)cn12. The number of hydrogen-bond acceptors (Lipinski definition) is 8. The molecule has 0 radical (unpaired) electrons. The van der Waals surface area contributed by atoms with E-state index in [-0.39, 0.29) is 17.7 Å². The van der Waals surface area contributed by atoms with Gasteiger partial charge in [0.1, 0.15) is 46.9 Å². The van der Waals surface area contributed by atoms with Crippen LogP contribution in [0.3, 0.4) is 0 Å². The minimum absolute atomic E-state index is 0.127. The van der Waals surface area contributed by atoms with Crippen LogP contribution >= 0.6 is 0 Å². The first-order chi connectivity index (χ1) is 15.1. The topological polar surface area (TPSA) is 120 Å². The number of fused-ring (bicyclic) bond motifs is 2. The summed E-state index contributed by atoms with van der Waals surface area (Å²) >= 11 is 0. The zero-order valence-corrected chi connectivity index (χ0v) is 16.9. The number of nitrogens with zero attached hydrogens (tertiary/aromatic N) is 5. The molecule has 0 amide bonds. The molecule has 7 rings (SSSR count). The van der Waals surface area contributed by atoms with Gasteiger partial charge in [0, 0.05) is 23.7 Å². The van der Waals surface area contributed by atoms with Gasteiger partial charge in [-0.25, -0.2) is 19.9 Å². The summed E-state index contributed by atoms with van der Waals surface area (Å²) in [4.78, 5) is 18.5. The van der Waals surface area contributed by atoms with Crippen molar-refractivity contribution in [2.45, 2.75) is 37.5 Å². The fraction of sp³-hybridized carbons (Fsp3) is 0.364. The van der Waals surface area contributed by atoms with Gasteiger partial charge in [0.25, 0.3) is 0 Å². The van der Waals surface area contributed by atoms with Crippen LogP contribution in [0, 0.1) is 12.8 Å². The van der Waals surface area contributed by atoms with E-state index < -0.39 is 0 Å². The molecule has 2 atom stereocenters. The second-order valence-electron chi connectivity index (χ2n) is 8.71. The Morgan fingerprint density at radius 2 is 2.06 bits per heavy atom. The van der Waals surface area contributed by atoms with Gasteiger partial charge in [0.05, 0.1) is 6.20 Å². The largest absolute Gasteiger partial charge is 0.443 e. The van der Waals surface area contributed by atoms with Crippen molar-refractivity contribution in [1.29, 1.82) is 0 Å². The molecule has 3 aliphatic rings. The van der Waals surface area contributed by atoms with E-state index in [1.807, 2.05) is 35.9 Å². The van der Waals surface area contributed by atoms with E-state index in [2.05, 4.69) is 15.3 Å². The molecule has 3 fully saturated rings. The van der Waals surface area contributed by atoms with Crippen LogP contribution in [0.1, 0.15) is 24.2 Å². The number of aromatic nitrogens is 5. The fourth-order valence-corrected chi connectivity index (χ4v) is 4.46. The summed E-state index contributed by atoms with van der Waals surface area (Å²) < 4.78 is 13.3. The Morgan fingerprint density at radius 1 is 1.19 bits per heavy atom. The third-order valence-corrected chi connectivity index (χ3v) is 6.57. The molecule has 2 unspecified atom stereocenters. The molecule has 0 aromatic carbocycles. The normalized spacial score (nSPS) is 26.2. The zero-order valence-electron chi connectivity index (χ0n) is 16.9. The number of nitrogens with one attached hydrogen (secondary N) is 1. The minimum atomic E-state index is -0.335. The third kappa shape index (κ3) is 2.50. The average molecular weight is 415 g/mol. The van der Waals surface area contributed by atoms with Gasteiger partial charge in [-0.2, -0.15) is 0 Å². The quantitative estimate of drug-likeness (QED) is 0.461. The van der Waals surface area contributed by atoms with E-state index >= 15 is 0 Å². The van der Waals surface area contributed by atoms with Crippen LogP contribution in [0.5, 0.6) is 0 Å². The lowest BCUT2D eigenvalue weighted by Gasteiger charge is -2.24. The standard InChI is InChI=1S/C22H21N7O2/c1-11-8-25-14-5-4-13(10-29(11)14)15-16(21-24-6-7-30-21)28-20(23)17(27-15)22(18-19(22)31-18)26-9-12-2-3-12/h4-8,10,12,18-19,26H,2-3,9H2,1H3,(H2,23,28). The summed E-state index contributed by atoms with van der Waals surface area (Å²) in [7, 11) is 0. The predicted molar refractivity (Wildman–Crippen MR) is 112 cm³/mol. The molecule has 4 aromatic rings. The first kappa shape index (κ1) is 17.4. The van der Waals surface area contributed by atoms with Gasteiger partial charge >= 0.3 is 0 Å². The molecule has 9 nitrogen and oxygen atoms in total. The molecular weight excluding hydrogens is 394 g/mol. The highest BCUT2D eigenvalue weighted by Crippen LogP contribution is 2.64. The number of nitrogen functional groups attached to an aromatic ring is 1. The van der Waals surface area contributed by atoms with E-state index in [1.165, 1.54) is 19.1 Å². The number of nitrogens with two attached hydrogens (primary N) is 1. The highest BCUT2D eigenvalue weighted by atomic mass is 16.6. The van der Waals surface area contributed by atoms with Crippen molar-refractivity contribution in [2.75, 3.05) is 12.3 Å². The second-order valence-corrected chi connectivity index (χ2v) is 8.71. The summed E-state index contributed by atoms with van der Waals surface area (Å²) in [6, 6.07) is 3.96. The van der Waals surface area contributed by atoms with Crippen molar-refractivity contribution in [3.05, 3.63) is 48.4 Å². The van der Waals surface area contributed by atoms with Crippen molar-refractivity contribution in [2.24, 2.45) is 5.92 Å². The average Bonchev–Trinajstić information content (AvgIpc) is 3.73. The highest BCUT2D eigenvalue weighted by molar-refractivity contribution is 5.76. The molecule has 0 spiro atoms. The molecule has 2 aliphatic carbocycles. The fourth-order valence-electron chi connectivity index (χ4n) is 4.46. The Hall–Kier alpha value is -3.30. The van der Waals surface area contributed by atoms with Crippen LogP contribution < -0.4 is 11.1 Å². The molecule has 31 heavy (non-hydrogen) atoms. The van der Waals surface area contributed by atoms with Gasteiger partial charge in [-0.3, -0.25) is 0 Å². The summed E-state index contributed by atoms with van der Waals surface area (Å²) in [5.41, 5.74) is 10.9. The molecule has 3 N–H and O–H groups in total. The maximum absolute atomic E-state index is 6.45. The van der Waals surface area contributed by atoms with Crippen LogP contribution in [0.25, 0.3) is 28.5 Å². The van der Waals surface area contributed by atoms with Crippen LogP contribution in [-0.4, -0.2) is 43.1 Å². The number of anilines is 1. The molecule has 0 bridgehead atoms. The highest BCUT2D eigenvalue weighted by Gasteiger charge is 2.82. The predicted octanol–water partition coefficient (Wildman–Crippen LogP) is 2.31. The Labute approximate surface area is 177 Å². The van der Waals surface area contributed by atoms with Crippen molar-refractivity contribution < 1.29 is 9.15 Å². The van der Waals surface area contributed by atoms with Crippen molar-refractivity contribution in [3.63, 3.8) is 0 Å². The lowest BCUT2D eigenvalue weighted by molar-refractivity contribution is 0.156. The number of epoxide rings is 1. The summed E-state index contributed by atoms with van der Waals surface area (Å²) in [6.07, 6.45) is 9.79. The van der Waals surface area contributed by atoms with Gasteiger partial charge in [0.2, 0.25) is 5.89 Å². The van der Waals surface area contributed by atoms with Crippen molar-refractivity contribution in [3.8, 4) is 22.8 Å². The first-order valence-electron chi connectivity index (χ1n) is 10.6.